The van der Waals surface area contributed by atoms with Crippen LogP contribution in [0.4, 0.5) is 10.4 Å². The maximum absolute atomic E-state index is 12.9. The van der Waals surface area contributed by atoms with E-state index in [2.05, 4.69) is 15.5 Å². The average molecular weight is 256 g/mol. The highest BCUT2D eigenvalue weighted by molar-refractivity contribution is 6.20. The van der Waals surface area contributed by atoms with Crippen molar-refractivity contribution in [3.8, 4) is 0 Å². The minimum Gasteiger partial charge on any atom is -0.406 e. The molecule has 1 unspecified atom stereocenters. The van der Waals surface area contributed by atoms with E-state index in [0.717, 1.165) is 5.56 Å². The zero-order chi connectivity index (χ0) is 12.3. The van der Waals surface area contributed by atoms with Crippen molar-refractivity contribution in [3.63, 3.8) is 0 Å². The summed E-state index contributed by atoms with van der Waals surface area (Å²) in [5, 5.41) is 10.1. The molecule has 2 rings (SSSR count). The second-order valence-corrected chi connectivity index (χ2v) is 4.20. The maximum Gasteiger partial charge on any atom is 0.315 e. The lowest BCUT2D eigenvalue weighted by Crippen LogP contribution is -1.99. The van der Waals surface area contributed by atoms with E-state index in [1.165, 1.54) is 12.1 Å². The predicted octanol–water partition coefficient (Wildman–Crippen LogP) is 3.12. The molecular formula is C11H11ClFN3O. The summed E-state index contributed by atoms with van der Waals surface area (Å²) in [7, 11) is 0. The van der Waals surface area contributed by atoms with Crippen molar-refractivity contribution in [2.45, 2.75) is 18.8 Å². The van der Waals surface area contributed by atoms with E-state index in [0.29, 0.717) is 12.4 Å². The van der Waals surface area contributed by atoms with Crippen LogP contribution in [0, 0.1) is 5.82 Å². The lowest BCUT2D eigenvalue weighted by atomic mass is 10.2. The number of hydrogen-bond acceptors (Lipinski definition) is 4. The van der Waals surface area contributed by atoms with Crippen molar-refractivity contribution < 1.29 is 8.81 Å². The SMILES string of the molecule is CC(Cl)c1nnc(NCc2cccc(F)c2)o1. The molecule has 0 aliphatic rings. The molecule has 4 nitrogen and oxygen atoms in total. The summed E-state index contributed by atoms with van der Waals surface area (Å²) in [4.78, 5) is 0. The summed E-state index contributed by atoms with van der Waals surface area (Å²) in [5.41, 5.74) is 0.795. The molecule has 0 bridgehead atoms. The fraction of sp³-hybridized carbons (Fsp3) is 0.273. The number of benzene rings is 1. The summed E-state index contributed by atoms with van der Waals surface area (Å²) in [6.45, 7) is 2.15. The van der Waals surface area contributed by atoms with Crippen molar-refractivity contribution >= 4 is 17.6 Å². The lowest BCUT2D eigenvalue weighted by molar-refractivity contribution is 0.505. The van der Waals surface area contributed by atoms with Crippen molar-refractivity contribution in [2.75, 3.05) is 5.32 Å². The Hall–Kier alpha value is -1.62. The van der Waals surface area contributed by atoms with Crippen LogP contribution in [0.25, 0.3) is 0 Å². The Labute approximate surface area is 103 Å². The molecule has 1 N–H and O–H groups in total. The van der Waals surface area contributed by atoms with Crippen molar-refractivity contribution in [1.29, 1.82) is 0 Å². The summed E-state index contributed by atoms with van der Waals surface area (Å²) in [6.07, 6.45) is 0. The largest absolute Gasteiger partial charge is 0.406 e. The molecule has 1 atom stereocenters. The van der Waals surface area contributed by atoms with E-state index in [1.807, 2.05) is 0 Å². The Morgan fingerprint density at radius 1 is 1.47 bits per heavy atom. The van der Waals surface area contributed by atoms with Crippen LogP contribution in [-0.2, 0) is 6.54 Å². The summed E-state index contributed by atoms with van der Waals surface area (Å²) in [6, 6.07) is 6.55. The Bertz CT molecular complexity index is 501. The first-order valence-corrected chi connectivity index (χ1v) is 5.54. The van der Waals surface area contributed by atoms with Gasteiger partial charge in [-0.25, -0.2) is 4.39 Å². The lowest BCUT2D eigenvalue weighted by Gasteiger charge is -2.01. The highest BCUT2D eigenvalue weighted by Crippen LogP contribution is 2.19. The number of halogens is 2. The number of alkyl halides is 1. The van der Waals surface area contributed by atoms with Gasteiger partial charge in [0.05, 0.1) is 0 Å². The fourth-order valence-corrected chi connectivity index (χ4v) is 1.38. The molecule has 1 aromatic carbocycles. The third-order valence-corrected chi connectivity index (χ3v) is 2.30. The van der Waals surface area contributed by atoms with Gasteiger partial charge in [0.25, 0.3) is 0 Å². The quantitative estimate of drug-likeness (QED) is 0.853. The minimum absolute atomic E-state index is 0.273. The molecule has 0 spiro atoms. The van der Waals surface area contributed by atoms with Gasteiger partial charge in [-0.2, -0.15) is 0 Å². The molecule has 0 aliphatic heterocycles. The molecule has 0 amide bonds. The molecule has 0 fully saturated rings. The van der Waals surface area contributed by atoms with E-state index in [9.17, 15) is 4.39 Å². The molecule has 2 aromatic rings. The molecule has 0 saturated heterocycles. The van der Waals surface area contributed by atoms with Gasteiger partial charge in [-0.3, -0.25) is 0 Å². The number of hydrogen-bond donors (Lipinski definition) is 1. The van der Waals surface area contributed by atoms with E-state index in [4.69, 9.17) is 16.0 Å². The molecule has 1 aromatic heterocycles. The third kappa shape index (κ3) is 3.17. The first kappa shape index (κ1) is 11.9. The van der Waals surface area contributed by atoms with Gasteiger partial charge in [-0.1, -0.05) is 17.2 Å². The van der Waals surface area contributed by atoms with Crippen LogP contribution in [0.1, 0.15) is 23.8 Å². The van der Waals surface area contributed by atoms with Crippen LogP contribution in [-0.4, -0.2) is 10.2 Å². The first-order valence-electron chi connectivity index (χ1n) is 5.11. The number of nitrogens with one attached hydrogen (secondary N) is 1. The van der Waals surface area contributed by atoms with Gasteiger partial charge < -0.3 is 9.73 Å². The third-order valence-electron chi connectivity index (χ3n) is 2.11. The van der Waals surface area contributed by atoms with E-state index in [1.54, 1.807) is 19.1 Å². The molecule has 90 valence electrons. The van der Waals surface area contributed by atoms with Crippen molar-refractivity contribution in [2.24, 2.45) is 0 Å². The van der Waals surface area contributed by atoms with Crippen molar-refractivity contribution in [1.82, 2.24) is 10.2 Å². The Morgan fingerprint density at radius 2 is 2.29 bits per heavy atom. The monoisotopic (exact) mass is 255 g/mol. The average Bonchev–Trinajstić information content (AvgIpc) is 2.75. The Kier molecular flexibility index (Phi) is 3.58. The van der Waals surface area contributed by atoms with Crippen LogP contribution < -0.4 is 5.32 Å². The summed E-state index contributed by atoms with van der Waals surface area (Å²) in [5.74, 6) is 0.0818. The Balaban J connectivity index is 1.97. The van der Waals surface area contributed by atoms with Crippen LogP contribution in [0.5, 0.6) is 0 Å². The van der Waals surface area contributed by atoms with Crippen LogP contribution in [0.15, 0.2) is 28.7 Å². The number of aromatic nitrogens is 2. The summed E-state index contributed by atoms with van der Waals surface area (Å²) < 4.78 is 18.1. The van der Waals surface area contributed by atoms with Gasteiger partial charge in [0.2, 0.25) is 5.89 Å². The van der Waals surface area contributed by atoms with Gasteiger partial charge in [0, 0.05) is 6.54 Å². The van der Waals surface area contributed by atoms with E-state index < -0.39 is 0 Å². The maximum atomic E-state index is 12.9. The standard InChI is InChI=1S/C11H11ClFN3O/c1-7(12)10-15-16-11(17-10)14-6-8-3-2-4-9(13)5-8/h2-5,7H,6H2,1H3,(H,14,16). The smallest absolute Gasteiger partial charge is 0.315 e. The van der Waals surface area contributed by atoms with Gasteiger partial charge in [-0.15, -0.1) is 16.7 Å². The van der Waals surface area contributed by atoms with Crippen LogP contribution >= 0.6 is 11.6 Å². The minimum atomic E-state index is -0.327. The molecule has 17 heavy (non-hydrogen) atoms. The van der Waals surface area contributed by atoms with Crippen LogP contribution in [0.2, 0.25) is 0 Å². The topological polar surface area (TPSA) is 51.0 Å². The normalized spacial score (nSPS) is 12.4. The number of nitrogens with zero attached hydrogens (tertiary/aromatic N) is 2. The second kappa shape index (κ2) is 5.14. The van der Waals surface area contributed by atoms with Gasteiger partial charge in [-0.05, 0) is 24.6 Å². The molecule has 0 saturated carbocycles. The number of rotatable bonds is 4. The highest BCUT2D eigenvalue weighted by atomic mass is 35.5. The van der Waals surface area contributed by atoms with Gasteiger partial charge >= 0.3 is 6.01 Å². The number of anilines is 1. The summed E-state index contributed by atoms with van der Waals surface area (Å²) >= 11 is 5.78. The molecule has 0 aliphatic carbocycles. The zero-order valence-electron chi connectivity index (χ0n) is 9.15. The first-order chi connectivity index (χ1) is 8.15. The highest BCUT2D eigenvalue weighted by Gasteiger charge is 2.10. The molecule has 6 heteroatoms. The Morgan fingerprint density at radius 3 is 2.94 bits per heavy atom. The van der Waals surface area contributed by atoms with Crippen LogP contribution in [0.3, 0.4) is 0 Å². The second-order valence-electron chi connectivity index (χ2n) is 3.54. The molecule has 1 heterocycles. The van der Waals surface area contributed by atoms with Crippen molar-refractivity contribution in [3.05, 3.63) is 41.5 Å². The fourth-order valence-electron chi connectivity index (χ4n) is 1.29. The van der Waals surface area contributed by atoms with Gasteiger partial charge in [0.1, 0.15) is 11.2 Å². The zero-order valence-corrected chi connectivity index (χ0v) is 9.91. The molecule has 0 radical (unpaired) electrons. The van der Waals surface area contributed by atoms with E-state index in [-0.39, 0.29) is 17.2 Å². The molecular weight excluding hydrogens is 245 g/mol. The van der Waals surface area contributed by atoms with E-state index >= 15 is 0 Å². The van der Waals surface area contributed by atoms with Gasteiger partial charge in [0.15, 0.2) is 0 Å². The predicted molar refractivity (Wildman–Crippen MR) is 62.3 cm³/mol.